The molecule has 4 nitrogen and oxygen atoms in total. The van der Waals surface area contributed by atoms with Crippen molar-refractivity contribution in [2.75, 3.05) is 7.11 Å². The van der Waals surface area contributed by atoms with E-state index in [0.29, 0.717) is 5.56 Å². The van der Waals surface area contributed by atoms with E-state index in [0.717, 1.165) is 0 Å². The zero-order valence-electron chi connectivity index (χ0n) is 8.64. The number of halogens is 1. The molecule has 6 heteroatoms. The van der Waals surface area contributed by atoms with Gasteiger partial charge in [0.05, 0.1) is 13.5 Å². The maximum atomic E-state index is 12.5. The van der Waals surface area contributed by atoms with Gasteiger partial charge in [-0.1, -0.05) is 24.3 Å². The van der Waals surface area contributed by atoms with Crippen LogP contribution in [0, 0.1) is 0 Å². The Labute approximate surface area is 93.3 Å². The zero-order chi connectivity index (χ0) is 12.2. The van der Waals surface area contributed by atoms with Crippen LogP contribution in [0.25, 0.3) is 0 Å². The fraction of sp³-hybridized carbons (Fsp3) is 0.300. The fourth-order valence-corrected chi connectivity index (χ4v) is 1.94. The smallest absolute Gasteiger partial charge is 0.309 e. The second-order valence-corrected chi connectivity index (χ2v) is 4.57. The van der Waals surface area contributed by atoms with Crippen LogP contribution in [0.5, 0.6) is 0 Å². The molecule has 0 N–H and O–H groups in total. The van der Waals surface area contributed by atoms with Crippen molar-refractivity contribution in [3.63, 3.8) is 0 Å². The normalized spacial score (nSPS) is 11.1. The first-order chi connectivity index (χ1) is 7.42. The summed E-state index contributed by atoms with van der Waals surface area (Å²) in [6.07, 6.45) is -0.0673. The van der Waals surface area contributed by atoms with Crippen molar-refractivity contribution in [3.8, 4) is 0 Å². The largest absolute Gasteiger partial charge is 0.469 e. The Morgan fingerprint density at radius 1 is 1.31 bits per heavy atom. The summed E-state index contributed by atoms with van der Waals surface area (Å²) in [6, 6.07) is 6.26. The average Bonchev–Trinajstić information content (AvgIpc) is 2.18. The molecule has 0 radical (unpaired) electrons. The number of ether oxygens (including phenoxy) is 1. The Morgan fingerprint density at radius 2 is 1.88 bits per heavy atom. The lowest BCUT2D eigenvalue weighted by Crippen LogP contribution is -2.08. The van der Waals surface area contributed by atoms with Gasteiger partial charge in [-0.15, -0.1) is 3.89 Å². The number of carbonyl (C=O) groups is 1. The van der Waals surface area contributed by atoms with Crippen molar-refractivity contribution in [1.29, 1.82) is 0 Å². The van der Waals surface area contributed by atoms with Crippen molar-refractivity contribution in [1.82, 2.24) is 0 Å². The highest BCUT2D eigenvalue weighted by atomic mass is 32.3. The highest BCUT2D eigenvalue weighted by Gasteiger charge is 2.14. The maximum absolute atomic E-state index is 12.5. The molecule has 0 spiro atoms. The number of methoxy groups -OCH3 is 1. The number of benzene rings is 1. The maximum Gasteiger partial charge on any atom is 0.309 e. The first kappa shape index (κ1) is 12.6. The molecular formula is C10H11FO4S. The van der Waals surface area contributed by atoms with Crippen LogP contribution in [0.2, 0.25) is 0 Å². The Kier molecular flexibility index (Phi) is 4.00. The van der Waals surface area contributed by atoms with E-state index >= 15 is 0 Å². The molecule has 88 valence electrons. The summed E-state index contributed by atoms with van der Waals surface area (Å²) in [5.74, 6) is -1.22. The molecule has 0 saturated carbocycles. The van der Waals surface area contributed by atoms with Crippen molar-refractivity contribution < 1.29 is 21.8 Å². The van der Waals surface area contributed by atoms with Gasteiger partial charge in [-0.05, 0) is 11.1 Å². The van der Waals surface area contributed by atoms with Gasteiger partial charge in [0, 0.05) is 0 Å². The molecule has 1 rings (SSSR count). The summed E-state index contributed by atoms with van der Waals surface area (Å²) < 4.78 is 38.0. The standard InChI is InChI=1S/C10H11FO4S/c1-15-10(12)6-8-4-2-3-5-9(8)7-16(11,13)14/h2-5H,6-7H2,1H3. The first-order valence-electron chi connectivity index (χ1n) is 4.48. The first-order valence-corrected chi connectivity index (χ1v) is 6.03. The quantitative estimate of drug-likeness (QED) is 0.591. The number of hydrogen-bond acceptors (Lipinski definition) is 4. The van der Waals surface area contributed by atoms with Crippen LogP contribution in [-0.4, -0.2) is 21.5 Å². The van der Waals surface area contributed by atoms with Gasteiger partial charge in [0.1, 0.15) is 5.75 Å². The zero-order valence-corrected chi connectivity index (χ0v) is 9.46. The SMILES string of the molecule is COC(=O)Cc1ccccc1CS(=O)(=O)F. The highest BCUT2D eigenvalue weighted by Crippen LogP contribution is 2.14. The molecule has 0 fully saturated rings. The van der Waals surface area contributed by atoms with Crippen LogP contribution in [0.3, 0.4) is 0 Å². The van der Waals surface area contributed by atoms with Crippen molar-refractivity contribution in [3.05, 3.63) is 35.4 Å². The van der Waals surface area contributed by atoms with E-state index in [1.165, 1.54) is 13.2 Å². The van der Waals surface area contributed by atoms with Crippen LogP contribution < -0.4 is 0 Å². The Bertz CT molecular complexity index is 481. The molecule has 0 saturated heterocycles. The Hall–Kier alpha value is -1.43. The molecule has 0 atom stereocenters. The predicted molar refractivity (Wildman–Crippen MR) is 55.9 cm³/mol. The summed E-state index contributed by atoms with van der Waals surface area (Å²) in [5.41, 5.74) is 0.728. The van der Waals surface area contributed by atoms with Crippen LogP contribution in [0.1, 0.15) is 11.1 Å². The van der Waals surface area contributed by atoms with E-state index in [1.54, 1.807) is 18.2 Å². The fourth-order valence-electron chi connectivity index (χ4n) is 1.28. The van der Waals surface area contributed by atoms with Gasteiger partial charge < -0.3 is 4.74 Å². The van der Waals surface area contributed by atoms with Gasteiger partial charge >= 0.3 is 16.2 Å². The molecule has 0 amide bonds. The summed E-state index contributed by atoms with van der Waals surface area (Å²) in [5, 5.41) is 0. The van der Waals surface area contributed by atoms with Gasteiger partial charge in [-0.25, -0.2) is 0 Å². The van der Waals surface area contributed by atoms with Gasteiger partial charge in [0.25, 0.3) is 0 Å². The van der Waals surface area contributed by atoms with Gasteiger partial charge in [-0.3, -0.25) is 4.79 Å². The summed E-state index contributed by atoms with van der Waals surface area (Å²) in [4.78, 5) is 11.0. The number of carbonyl (C=O) groups excluding carboxylic acids is 1. The summed E-state index contributed by atoms with van der Waals surface area (Å²) in [7, 11) is -3.36. The van der Waals surface area contributed by atoms with Crippen molar-refractivity contribution in [2.45, 2.75) is 12.2 Å². The van der Waals surface area contributed by atoms with E-state index in [2.05, 4.69) is 4.74 Å². The number of esters is 1. The molecule has 0 aliphatic carbocycles. The molecule has 1 aromatic rings. The highest BCUT2D eigenvalue weighted by molar-refractivity contribution is 7.85. The second-order valence-electron chi connectivity index (χ2n) is 3.20. The minimum Gasteiger partial charge on any atom is -0.469 e. The lowest BCUT2D eigenvalue weighted by Gasteiger charge is -2.06. The monoisotopic (exact) mass is 246 g/mol. The Balaban J connectivity index is 2.96. The molecule has 0 heterocycles. The third-order valence-corrected chi connectivity index (χ3v) is 2.66. The molecular weight excluding hydrogens is 235 g/mol. The molecule has 0 aliphatic heterocycles. The molecule has 0 unspecified atom stereocenters. The molecule has 16 heavy (non-hydrogen) atoms. The van der Waals surface area contributed by atoms with Gasteiger partial charge in [-0.2, -0.15) is 8.42 Å². The third-order valence-electron chi connectivity index (χ3n) is 2.01. The molecule has 0 aromatic heterocycles. The van der Waals surface area contributed by atoms with Crippen molar-refractivity contribution in [2.24, 2.45) is 0 Å². The van der Waals surface area contributed by atoms with Gasteiger partial charge in [0.15, 0.2) is 0 Å². The number of rotatable bonds is 4. The number of hydrogen-bond donors (Lipinski definition) is 0. The minimum atomic E-state index is -4.59. The van der Waals surface area contributed by atoms with E-state index < -0.39 is 21.9 Å². The van der Waals surface area contributed by atoms with Crippen LogP contribution in [0.15, 0.2) is 24.3 Å². The second kappa shape index (κ2) is 5.07. The van der Waals surface area contributed by atoms with E-state index in [9.17, 15) is 17.1 Å². The van der Waals surface area contributed by atoms with E-state index in [1.807, 2.05) is 0 Å². The van der Waals surface area contributed by atoms with Crippen LogP contribution >= 0.6 is 0 Å². The lowest BCUT2D eigenvalue weighted by molar-refractivity contribution is -0.139. The summed E-state index contributed by atoms with van der Waals surface area (Å²) in [6.45, 7) is 0. The van der Waals surface area contributed by atoms with Crippen molar-refractivity contribution >= 4 is 16.2 Å². The van der Waals surface area contributed by atoms with Crippen LogP contribution in [-0.2, 0) is 31.9 Å². The van der Waals surface area contributed by atoms with E-state index in [-0.39, 0.29) is 12.0 Å². The average molecular weight is 246 g/mol. The predicted octanol–water partition coefficient (Wildman–Crippen LogP) is 1.20. The molecule has 0 bridgehead atoms. The van der Waals surface area contributed by atoms with Gasteiger partial charge in [0.2, 0.25) is 0 Å². The van der Waals surface area contributed by atoms with Crippen LogP contribution in [0.4, 0.5) is 3.89 Å². The Morgan fingerprint density at radius 3 is 2.38 bits per heavy atom. The molecule has 0 aliphatic rings. The minimum absolute atomic E-state index is 0.0673. The topological polar surface area (TPSA) is 60.4 Å². The third kappa shape index (κ3) is 3.98. The molecule has 1 aromatic carbocycles. The summed E-state index contributed by atoms with van der Waals surface area (Å²) >= 11 is 0. The lowest BCUT2D eigenvalue weighted by atomic mass is 10.1. The van der Waals surface area contributed by atoms with E-state index in [4.69, 9.17) is 0 Å².